The fourth-order valence-electron chi connectivity index (χ4n) is 2.64. The normalized spacial score (nSPS) is 31.4. The van der Waals surface area contributed by atoms with Gasteiger partial charge >= 0.3 is 6.09 Å². The van der Waals surface area contributed by atoms with Crippen LogP contribution in [-0.4, -0.2) is 28.5 Å². The average molecular weight is 251 g/mol. The Kier molecular flexibility index (Phi) is 3.21. The van der Waals surface area contributed by atoms with E-state index < -0.39 is 11.7 Å². The van der Waals surface area contributed by atoms with Gasteiger partial charge in [-0.3, -0.25) is 4.79 Å². The molecule has 0 aromatic heterocycles. The second-order valence-electron chi connectivity index (χ2n) is 6.23. The minimum atomic E-state index is -0.571. The van der Waals surface area contributed by atoms with E-state index in [0.717, 1.165) is 6.42 Å². The molecule has 0 aromatic carbocycles. The smallest absolute Gasteiger partial charge is 0.417 e. The molecule has 0 radical (unpaired) electrons. The molecule has 1 aliphatic heterocycles. The Bertz CT molecular complexity index is 394. The Morgan fingerprint density at radius 2 is 2.06 bits per heavy atom. The highest BCUT2D eigenvalue weighted by atomic mass is 16.6. The molecule has 3 atom stereocenters. The van der Waals surface area contributed by atoms with Crippen LogP contribution in [0.2, 0.25) is 0 Å². The maximum atomic E-state index is 12.1. The largest absolute Gasteiger partial charge is 0.443 e. The highest BCUT2D eigenvalue weighted by Gasteiger charge is 2.40. The standard InChI is InChI=1S/C14H21NO3/c1-9-11-6-5-10(7-11)8-12(16)15(9)13(17)18-14(2,3)4/h5-6,9-11H,7-8H2,1-4H3/t9-,10+,11?/m0/s1. The molecule has 1 heterocycles. The highest BCUT2D eigenvalue weighted by molar-refractivity contribution is 5.93. The van der Waals surface area contributed by atoms with E-state index in [1.165, 1.54) is 4.90 Å². The number of hydrogen-bond donors (Lipinski definition) is 0. The molecule has 1 saturated heterocycles. The molecule has 4 nitrogen and oxygen atoms in total. The lowest BCUT2D eigenvalue weighted by Crippen LogP contribution is -2.47. The first-order valence-electron chi connectivity index (χ1n) is 6.51. The Balaban J connectivity index is 2.18. The first-order chi connectivity index (χ1) is 8.28. The molecule has 0 spiro atoms. The number of hydrogen-bond acceptors (Lipinski definition) is 3. The van der Waals surface area contributed by atoms with Gasteiger partial charge in [0.1, 0.15) is 5.60 Å². The molecule has 2 amide bonds. The second kappa shape index (κ2) is 4.41. The van der Waals surface area contributed by atoms with Crippen LogP contribution in [0, 0.1) is 11.8 Å². The number of likely N-dealkylation sites (tertiary alicyclic amines) is 1. The van der Waals surface area contributed by atoms with E-state index in [1.54, 1.807) is 0 Å². The van der Waals surface area contributed by atoms with Crippen molar-refractivity contribution in [3.8, 4) is 0 Å². The van der Waals surface area contributed by atoms with Crippen LogP contribution < -0.4 is 0 Å². The highest BCUT2D eigenvalue weighted by Crippen LogP contribution is 2.35. The van der Waals surface area contributed by atoms with E-state index in [9.17, 15) is 9.59 Å². The third-order valence-corrected chi connectivity index (χ3v) is 3.53. The number of amides is 2. The molecule has 2 bridgehead atoms. The molecular formula is C14H21NO3. The summed E-state index contributed by atoms with van der Waals surface area (Å²) in [7, 11) is 0. The van der Waals surface area contributed by atoms with E-state index in [4.69, 9.17) is 4.74 Å². The van der Waals surface area contributed by atoms with Crippen molar-refractivity contribution in [3.05, 3.63) is 12.2 Å². The van der Waals surface area contributed by atoms with E-state index >= 15 is 0 Å². The summed E-state index contributed by atoms with van der Waals surface area (Å²) in [6.07, 6.45) is 5.09. The van der Waals surface area contributed by atoms with Gasteiger partial charge in [-0.15, -0.1) is 0 Å². The van der Waals surface area contributed by atoms with Crippen molar-refractivity contribution >= 4 is 12.0 Å². The Hall–Kier alpha value is -1.32. The lowest BCUT2D eigenvalue weighted by molar-refractivity contribution is -0.132. The van der Waals surface area contributed by atoms with Crippen LogP contribution in [0.4, 0.5) is 4.79 Å². The summed E-state index contributed by atoms with van der Waals surface area (Å²) >= 11 is 0. The lowest BCUT2D eigenvalue weighted by atomic mass is 9.98. The van der Waals surface area contributed by atoms with Gasteiger partial charge in [-0.1, -0.05) is 12.2 Å². The first kappa shape index (κ1) is 13.1. The summed E-state index contributed by atoms with van der Waals surface area (Å²) in [5, 5.41) is 0. The van der Waals surface area contributed by atoms with Gasteiger partial charge in [-0.2, -0.15) is 0 Å². The van der Waals surface area contributed by atoms with E-state index in [-0.39, 0.29) is 23.8 Å². The Morgan fingerprint density at radius 3 is 2.67 bits per heavy atom. The summed E-state index contributed by atoms with van der Waals surface area (Å²) in [6, 6.07) is -0.115. The SMILES string of the molecule is C[C@H]1C2C=C[C@@H](CC(=O)N1C(=O)OC(C)(C)C)C2. The van der Waals surface area contributed by atoms with Gasteiger partial charge in [-0.05, 0) is 46.0 Å². The van der Waals surface area contributed by atoms with Crippen LogP contribution in [-0.2, 0) is 9.53 Å². The molecule has 2 rings (SSSR count). The lowest BCUT2D eigenvalue weighted by Gasteiger charge is -2.31. The maximum Gasteiger partial charge on any atom is 0.417 e. The summed E-state index contributed by atoms with van der Waals surface area (Å²) in [4.78, 5) is 25.6. The van der Waals surface area contributed by atoms with Gasteiger partial charge < -0.3 is 4.74 Å². The summed E-state index contributed by atoms with van der Waals surface area (Å²) in [6.45, 7) is 7.35. The quantitative estimate of drug-likeness (QED) is 0.622. The zero-order valence-corrected chi connectivity index (χ0v) is 11.5. The van der Waals surface area contributed by atoms with Crippen molar-refractivity contribution in [1.82, 2.24) is 4.90 Å². The monoisotopic (exact) mass is 251 g/mol. The average Bonchev–Trinajstić information content (AvgIpc) is 2.58. The number of allylic oxidation sites excluding steroid dienone is 1. The number of rotatable bonds is 0. The van der Waals surface area contributed by atoms with Crippen molar-refractivity contribution in [3.63, 3.8) is 0 Å². The van der Waals surface area contributed by atoms with Crippen molar-refractivity contribution < 1.29 is 14.3 Å². The van der Waals surface area contributed by atoms with E-state index in [2.05, 4.69) is 12.2 Å². The van der Waals surface area contributed by atoms with Crippen molar-refractivity contribution in [2.75, 3.05) is 0 Å². The molecule has 100 valence electrons. The molecule has 1 aliphatic carbocycles. The van der Waals surface area contributed by atoms with Crippen LogP contribution >= 0.6 is 0 Å². The fraction of sp³-hybridized carbons (Fsp3) is 0.714. The molecule has 4 heteroatoms. The molecule has 1 fully saturated rings. The number of imide groups is 1. The number of carbonyl (C=O) groups is 2. The van der Waals surface area contributed by atoms with Crippen LogP contribution in [0.25, 0.3) is 0 Å². The molecule has 1 unspecified atom stereocenters. The number of ether oxygens (including phenoxy) is 1. The molecule has 0 N–H and O–H groups in total. The second-order valence-corrected chi connectivity index (χ2v) is 6.23. The topological polar surface area (TPSA) is 46.6 Å². The molecular weight excluding hydrogens is 230 g/mol. The van der Waals surface area contributed by atoms with Gasteiger partial charge in [0.2, 0.25) is 5.91 Å². The minimum Gasteiger partial charge on any atom is -0.443 e. The maximum absolute atomic E-state index is 12.1. The van der Waals surface area contributed by atoms with Gasteiger partial charge in [-0.25, -0.2) is 9.69 Å². The van der Waals surface area contributed by atoms with Gasteiger partial charge in [0.15, 0.2) is 0 Å². The van der Waals surface area contributed by atoms with Crippen LogP contribution in [0.3, 0.4) is 0 Å². The van der Waals surface area contributed by atoms with Gasteiger partial charge in [0.05, 0.1) is 0 Å². The van der Waals surface area contributed by atoms with Gasteiger partial charge in [0, 0.05) is 12.5 Å². The zero-order chi connectivity index (χ0) is 13.5. The number of carbonyl (C=O) groups excluding carboxylic acids is 2. The summed E-state index contributed by atoms with van der Waals surface area (Å²) in [5.41, 5.74) is -0.571. The summed E-state index contributed by atoms with van der Waals surface area (Å²) < 4.78 is 5.32. The number of nitrogens with zero attached hydrogens (tertiary/aromatic N) is 1. The predicted molar refractivity (Wildman–Crippen MR) is 67.9 cm³/mol. The predicted octanol–water partition coefficient (Wildman–Crippen LogP) is 2.73. The Labute approximate surface area is 108 Å². The zero-order valence-electron chi connectivity index (χ0n) is 11.5. The first-order valence-corrected chi connectivity index (χ1v) is 6.51. The third kappa shape index (κ3) is 2.57. The van der Waals surface area contributed by atoms with Crippen molar-refractivity contribution in [2.24, 2.45) is 11.8 Å². The van der Waals surface area contributed by atoms with Crippen molar-refractivity contribution in [2.45, 2.75) is 52.2 Å². The van der Waals surface area contributed by atoms with Gasteiger partial charge in [0.25, 0.3) is 0 Å². The van der Waals surface area contributed by atoms with Crippen molar-refractivity contribution in [1.29, 1.82) is 0 Å². The molecule has 18 heavy (non-hydrogen) atoms. The van der Waals surface area contributed by atoms with E-state index in [1.807, 2.05) is 27.7 Å². The van der Waals surface area contributed by atoms with Crippen LogP contribution in [0.15, 0.2) is 12.2 Å². The number of fused-ring (bicyclic) bond motifs is 2. The Morgan fingerprint density at radius 1 is 1.39 bits per heavy atom. The minimum absolute atomic E-state index is 0.115. The molecule has 2 aliphatic rings. The van der Waals surface area contributed by atoms with Crippen LogP contribution in [0.5, 0.6) is 0 Å². The summed E-state index contributed by atoms with van der Waals surface area (Å²) in [5.74, 6) is 0.444. The fourth-order valence-corrected chi connectivity index (χ4v) is 2.64. The van der Waals surface area contributed by atoms with Crippen LogP contribution in [0.1, 0.15) is 40.5 Å². The van der Waals surface area contributed by atoms with E-state index in [0.29, 0.717) is 6.42 Å². The third-order valence-electron chi connectivity index (χ3n) is 3.53. The molecule has 0 aromatic rings. The molecule has 0 saturated carbocycles.